The van der Waals surface area contributed by atoms with Gasteiger partial charge in [0, 0.05) is 31.2 Å². The average Bonchev–Trinajstić information content (AvgIpc) is 3.58. The van der Waals surface area contributed by atoms with E-state index in [0.717, 1.165) is 5.56 Å². The fourth-order valence-corrected chi connectivity index (χ4v) is 3.90. The van der Waals surface area contributed by atoms with Crippen LogP contribution in [0.2, 0.25) is 0 Å². The molecule has 1 aromatic carbocycles. The van der Waals surface area contributed by atoms with Crippen LogP contribution in [0.4, 0.5) is 4.79 Å². The largest absolute Gasteiger partial charge is 0.466 e. The van der Waals surface area contributed by atoms with Gasteiger partial charge in [0.2, 0.25) is 12.7 Å². The first kappa shape index (κ1) is 28.5. The number of hydrogen-bond acceptors (Lipinski definition) is 10. The summed E-state index contributed by atoms with van der Waals surface area (Å²) in [4.78, 5) is 45.0. The van der Waals surface area contributed by atoms with Crippen molar-refractivity contribution in [3.8, 4) is 17.4 Å². The molecule has 3 heterocycles. The number of aromatic nitrogens is 4. The van der Waals surface area contributed by atoms with E-state index in [1.165, 1.54) is 0 Å². The van der Waals surface area contributed by atoms with Crippen molar-refractivity contribution in [3.05, 3.63) is 59.9 Å². The molecule has 0 bridgehead atoms. The maximum atomic E-state index is 13.1. The van der Waals surface area contributed by atoms with Crippen molar-refractivity contribution in [2.45, 2.75) is 53.2 Å². The first-order chi connectivity index (χ1) is 19.1. The number of benzene rings is 1. The van der Waals surface area contributed by atoms with E-state index in [1.807, 2.05) is 45.9 Å². The highest BCUT2D eigenvalue weighted by Crippen LogP contribution is 2.33. The maximum absolute atomic E-state index is 13.1. The highest BCUT2D eigenvalue weighted by molar-refractivity contribution is 6.08. The molecule has 40 heavy (non-hydrogen) atoms. The molecule has 0 atom stereocenters. The summed E-state index contributed by atoms with van der Waals surface area (Å²) in [6.45, 7) is 10.1. The van der Waals surface area contributed by atoms with Crippen LogP contribution in [0, 0.1) is 6.92 Å². The van der Waals surface area contributed by atoms with Crippen molar-refractivity contribution >= 4 is 17.8 Å². The quantitative estimate of drug-likeness (QED) is 0.273. The van der Waals surface area contributed by atoms with Crippen LogP contribution < -0.4 is 9.47 Å². The van der Waals surface area contributed by atoms with Crippen LogP contribution in [-0.2, 0) is 20.8 Å². The van der Waals surface area contributed by atoms with E-state index in [0.29, 0.717) is 34.5 Å². The number of fused-ring (bicyclic) bond motifs is 1. The number of aryl methyl sites for hydroxylation is 1. The van der Waals surface area contributed by atoms with E-state index < -0.39 is 17.7 Å². The highest BCUT2D eigenvalue weighted by atomic mass is 16.7. The lowest BCUT2D eigenvalue weighted by Crippen LogP contribution is -2.38. The average molecular weight is 551 g/mol. The lowest BCUT2D eigenvalue weighted by molar-refractivity contribution is -0.141. The molecule has 1 aliphatic rings. The van der Waals surface area contributed by atoms with Crippen LogP contribution in [0.1, 0.15) is 51.1 Å². The maximum Gasteiger partial charge on any atom is 0.410 e. The van der Waals surface area contributed by atoms with Gasteiger partial charge in [-0.15, -0.1) is 0 Å². The Hall–Kier alpha value is -4.48. The van der Waals surface area contributed by atoms with Crippen molar-refractivity contribution < 1.29 is 28.5 Å². The van der Waals surface area contributed by atoms with Gasteiger partial charge in [0.05, 0.1) is 31.0 Å². The molecule has 0 fully saturated rings. The van der Waals surface area contributed by atoms with Crippen molar-refractivity contribution in [3.63, 3.8) is 0 Å². The van der Waals surface area contributed by atoms with Gasteiger partial charge in [-0.1, -0.05) is 6.07 Å². The number of rotatable bonds is 10. The Morgan fingerprint density at radius 2 is 1.95 bits per heavy atom. The van der Waals surface area contributed by atoms with E-state index in [9.17, 15) is 9.59 Å². The third-order valence-corrected chi connectivity index (χ3v) is 5.63. The molecular formula is C28H34N6O6. The third-order valence-electron chi connectivity index (χ3n) is 5.63. The van der Waals surface area contributed by atoms with Crippen LogP contribution in [0.25, 0.3) is 5.95 Å². The number of amides is 1. The van der Waals surface area contributed by atoms with Gasteiger partial charge in [0.15, 0.2) is 11.5 Å². The molecule has 12 nitrogen and oxygen atoms in total. The Morgan fingerprint density at radius 1 is 1.15 bits per heavy atom. The Bertz CT molecular complexity index is 1370. The number of esters is 1. The zero-order valence-electron chi connectivity index (χ0n) is 23.4. The minimum absolute atomic E-state index is 0.0811. The van der Waals surface area contributed by atoms with Crippen LogP contribution in [-0.4, -0.2) is 74.3 Å². The van der Waals surface area contributed by atoms with Gasteiger partial charge in [0.1, 0.15) is 11.9 Å². The number of nitrogens with zero attached hydrogens (tertiary/aromatic N) is 6. The predicted octanol–water partition coefficient (Wildman–Crippen LogP) is 3.88. The summed E-state index contributed by atoms with van der Waals surface area (Å²) in [7, 11) is 0. The van der Waals surface area contributed by atoms with Gasteiger partial charge in [-0.25, -0.2) is 19.7 Å². The molecule has 0 saturated carbocycles. The van der Waals surface area contributed by atoms with Gasteiger partial charge in [-0.3, -0.25) is 14.4 Å². The molecule has 3 aromatic rings. The second-order valence-corrected chi connectivity index (χ2v) is 10.1. The number of imidazole rings is 1. The van der Waals surface area contributed by atoms with Crippen LogP contribution in [0.15, 0.2) is 48.0 Å². The number of ether oxygens (including phenoxy) is 4. The van der Waals surface area contributed by atoms with Crippen molar-refractivity contribution in [1.29, 1.82) is 0 Å². The van der Waals surface area contributed by atoms with Gasteiger partial charge in [-0.05, 0) is 58.4 Å². The molecule has 1 aliphatic heterocycles. The van der Waals surface area contributed by atoms with E-state index in [2.05, 4.69) is 15.0 Å². The summed E-state index contributed by atoms with van der Waals surface area (Å²) < 4.78 is 23.4. The number of carbonyl (C=O) groups excluding carboxylic acids is 2. The normalized spacial score (nSPS) is 12.8. The topological polar surface area (TPSA) is 130 Å². The summed E-state index contributed by atoms with van der Waals surface area (Å²) in [5.74, 6) is 1.27. The molecule has 2 aromatic heterocycles. The van der Waals surface area contributed by atoms with E-state index in [4.69, 9.17) is 23.9 Å². The predicted molar refractivity (Wildman–Crippen MR) is 146 cm³/mol. The number of hydrogen-bond donors (Lipinski definition) is 0. The molecule has 1 amide bonds. The second-order valence-electron chi connectivity index (χ2n) is 10.1. The molecule has 4 rings (SSSR count). The zero-order valence-corrected chi connectivity index (χ0v) is 23.4. The van der Waals surface area contributed by atoms with E-state index in [1.54, 1.807) is 41.2 Å². The Balaban J connectivity index is 1.58. The monoisotopic (exact) mass is 550 g/mol. The summed E-state index contributed by atoms with van der Waals surface area (Å²) in [5, 5.41) is 0. The first-order valence-corrected chi connectivity index (χ1v) is 13.0. The third kappa shape index (κ3) is 7.78. The van der Waals surface area contributed by atoms with Crippen molar-refractivity contribution in [2.24, 2.45) is 4.99 Å². The van der Waals surface area contributed by atoms with Crippen molar-refractivity contribution in [1.82, 2.24) is 24.4 Å². The SMILES string of the molecule is CCOC(=O)CC(=NCCN(Cc1ccc2c(c1)OCO2)C(=O)OC(C)(C)C)c1cc(C)nc(-n2ccnc2)n1. The number of carbonyl (C=O) groups is 2. The van der Waals surface area contributed by atoms with Crippen LogP contribution in [0.3, 0.4) is 0 Å². The van der Waals surface area contributed by atoms with Crippen molar-refractivity contribution in [2.75, 3.05) is 26.5 Å². The lowest BCUT2D eigenvalue weighted by atomic mass is 10.1. The Morgan fingerprint density at radius 3 is 2.67 bits per heavy atom. The smallest absolute Gasteiger partial charge is 0.410 e. The van der Waals surface area contributed by atoms with Gasteiger partial charge < -0.3 is 23.8 Å². The molecule has 0 unspecified atom stereocenters. The fraction of sp³-hybridized carbons (Fsp3) is 0.429. The Kier molecular flexibility index (Phi) is 8.97. The lowest BCUT2D eigenvalue weighted by Gasteiger charge is -2.27. The molecule has 0 radical (unpaired) electrons. The summed E-state index contributed by atoms with van der Waals surface area (Å²) in [6.07, 6.45) is 4.39. The molecular weight excluding hydrogens is 516 g/mol. The summed E-state index contributed by atoms with van der Waals surface area (Å²) in [6, 6.07) is 7.30. The van der Waals surface area contributed by atoms with Gasteiger partial charge in [0.25, 0.3) is 0 Å². The highest BCUT2D eigenvalue weighted by Gasteiger charge is 2.24. The van der Waals surface area contributed by atoms with Crippen LogP contribution >= 0.6 is 0 Å². The minimum Gasteiger partial charge on any atom is -0.466 e. The summed E-state index contributed by atoms with van der Waals surface area (Å²) in [5.41, 5.74) is 1.79. The fourth-order valence-electron chi connectivity index (χ4n) is 3.90. The molecule has 212 valence electrons. The molecule has 0 saturated heterocycles. The number of aliphatic imine (C=N–C) groups is 1. The molecule has 12 heteroatoms. The molecule has 0 N–H and O–H groups in total. The van der Waals surface area contributed by atoms with Gasteiger partial charge in [-0.2, -0.15) is 0 Å². The van der Waals surface area contributed by atoms with E-state index >= 15 is 0 Å². The molecule has 0 aliphatic carbocycles. The zero-order chi connectivity index (χ0) is 28.7. The van der Waals surface area contributed by atoms with Gasteiger partial charge >= 0.3 is 12.1 Å². The molecule has 0 spiro atoms. The standard InChI is InChI=1S/C28H34N6O6/c1-6-37-25(35)15-21(22-13-19(2)31-26(32-22)34-11-9-29-17-34)30-10-12-33(27(36)40-28(3,4)5)16-20-7-8-23-24(14-20)39-18-38-23/h7-9,11,13-14,17H,6,10,12,15-16,18H2,1-5H3. The summed E-state index contributed by atoms with van der Waals surface area (Å²) >= 11 is 0. The first-order valence-electron chi connectivity index (χ1n) is 13.0. The van der Waals surface area contributed by atoms with Crippen LogP contribution in [0.5, 0.6) is 11.5 Å². The Labute approximate surface area is 233 Å². The minimum atomic E-state index is -0.676. The second kappa shape index (κ2) is 12.6. The van der Waals surface area contributed by atoms with E-state index in [-0.39, 0.29) is 39.5 Å².